The number of hydrogen-bond acceptors (Lipinski definition) is 3. The second-order valence-electron chi connectivity index (χ2n) is 4.38. The number of nitrogens with one attached hydrogen (secondary N) is 1. The molecule has 0 aliphatic carbocycles. The van der Waals surface area contributed by atoms with Gasteiger partial charge in [0.2, 0.25) is 0 Å². The molecule has 0 atom stereocenters. The maximum Gasteiger partial charge on any atom is 0.335 e. The van der Waals surface area contributed by atoms with Gasteiger partial charge < -0.3 is 15.2 Å². The van der Waals surface area contributed by atoms with Crippen molar-refractivity contribution < 1.29 is 14.6 Å². The van der Waals surface area contributed by atoms with Gasteiger partial charge in [-0.3, -0.25) is 0 Å². The molecule has 0 fully saturated rings. The van der Waals surface area contributed by atoms with E-state index in [1.807, 2.05) is 44.2 Å². The van der Waals surface area contributed by atoms with Gasteiger partial charge >= 0.3 is 5.97 Å². The average Bonchev–Trinajstić information content (AvgIpc) is 2.43. The predicted octanol–water partition coefficient (Wildman–Crippen LogP) is 3.10. The number of allylic oxidation sites excluding steroid dienone is 1. The van der Waals surface area contributed by atoms with Crippen LogP contribution < -0.4 is 10.1 Å². The van der Waals surface area contributed by atoms with Crippen molar-refractivity contribution in [3.8, 4) is 5.75 Å². The summed E-state index contributed by atoms with van der Waals surface area (Å²) in [5.74, 6) is 0.206. The van der Waals surface area contributed by atoms with Gasteiger partial charge in [-0.05, 0) is 37.6 Å². The monoisotopic (exact) mass is 273 g/mol. The molecule has 0 radical (unpaired) electrons. The Kier molecular flexibility index (Phi) is 5.59. The average molecular weight is 273 g/mol. The van der Waals surface area contributed by atoms with Crippen molar-refractivity contribution in [3.05, 3.63) is 65.6 Å². The third kappa shape index (κ3) is 4.31. The molecule has 106 valence electrons. The van der Waals surface area contributed by atoms with Gasteiger partial charge in [0.05, 0.1) is 11.3 Å². The molecule has 20 heavy (non-hydrogen) atoms. The number of carbonyl (C=O) groups is 1. The smallest absolute Gasteiger partial charge is 0.335 e. The highest BCUT2D eigenvalue weighted by Crippen LogP contribution is 2.20. The van der Waals surface area contributed by atoms with E-state index in [-0.39, 0.29) is 5.57 Å². The highest BCUT2D eigenvalue weighted by molar-refractivity contribution is 5.89. The maximum absolute atomic E-state index is 10.9. The Balaban J connectivity index is 3.10. The summed E-state index contributed by atoms with van der Waals surface area (Å²) in [4.78, 5) is 10.9. The topological polar surface area (TPSA) is 58.6 Å². The standard InChI is InChI=1S/C16H19NO3/c1-11(2)15(20-13-8-6-5-7-9-13)14(17-4)10-12(3)16(18)19/h5-10,17H,3H2,1-2,4H3,(H,18,19)/b14-10+. The Morgan fingerprint density at radius 3 is 2.35 bits per heavy atom. The SMILES string of the molecule is C=C(/C=C(/NC)C(Oc1ccccc1)=C(C)C)C(=O)O. The summed E-state index contributed by atoms with van der Waals surface area (Å²) in [5, 5.41) is 11.9. The molecule has 0 aliphatic heterocycles. The number of carboxylic acid groups (broad SMARTS) is 1. The van der Waals surface area contributed by atoms with Crippen molar-refractivity contribution in [1.29, 1.82) is 0 Å². The Hall–Kier alpha value is -2.49. The molecule has 0 amide bonds. The van der Waals surface area contributed by atoms with Crippen LogP contribution in [0.15, 0.2) is 65.6 Å². The lowest BCUT2D eigenvalue weighted by Gasteiger charge is -2.15. The minimum atomic E-state index is -1.06. The Morgan fingerprint density at radius 1 is 1.30 bits per heavy atom. The third-order valence-corrected chi connectivity index (χ3v) is 2.52. The Bertz CT molecular complexity index is 552. The van der Waals surface area contributed by atoms with Crippen LogP contribution >= 0.6 is 0 Å². The van der Waals surface area contributed by atoms with Crippen LogP contribution in [0, 0.1) is 0 Å². The number of likely N-dealkylation sites (N-methyl/N-ethyl adjacent to an activating group) is 1. The first-order valence-electron chi connectivity index (χ1n) is 6.18. The zero-order chi connectivity index (χ0) is 15.1. The maximum atomic E-state index is 10.9. The molecule has 0 saturated heterocycles. The summed E-state index contributed by atoms with van der Waals surface area (Å²) >= 11 is 0. The third-order valence-electron chi connectivity index (χ3n) is 2.52. The summed E-state index contributed by atoms with van der Waals surface area (Å²) in [5.41, 5.74) is 1.48. The number of benzene rings is 1. The van der Waals surface area contributed by atoms with E-state index in [2.05, 4.69) is 11.9 Å². The number of rotatable bonds is 6. The van der Waals surface area contributed by atoms with Crippen LogP contribution in [0.3, 0.4) is 0 Å². The van der Waals surface area contributed by atoms with E-state index in [1.54, 1.807) is 7.05 Å². The normalized spacial score (nSPS) is 10.7. The summed E-state index contributed by atoms with van der Waals surface area (Å²) < 4.78 is 5.82. The minimum Gasteiger partial charge on any atom is -0.478 e. The fraction of sp³-hybridized carbons (Fsp3) is 0.188. The van der Waals surface area contributed by atoms with Crippen LogP contribution in [0.1, 0.15) is 13.8 Å². The molecule has 0 heterocycles. The fourth-order valence-electron chi connectivity index (χ4n) is 1.52. The number of ether oxygens (including phenoxy) is 1. The first kappa shape index (κ1) is 15.6. The molecular weight excluding hydrogens is 254 g/mol. The van der Waals surface area contributed by atoms with Gasteiger partial charge in [-0.1, -0.05) is 24.8 Å². The summed E-state index contributed by atoms with van der Waals surface area (Å²) in [6.45, 7) is 7.29. The lowest BCUT2D eigenvalue weighted by atomic mass is 10.1. The molecule has 1 aromatic carbocycles. The molecular formula is C16H19NO3. The van der Waals surface area contributed by atoms with Crippen LogP contribution in [0.5, 0.6) is 5.75 Å². The summed E-state index contributed by atoms with van der Waals surface area (Å²) in [6, 6.07) is 9.31. The molecule has 0 bridgehead atoms. The molecule has 2 N–H and O–H groups in total. The predicted molar refractivity (Wildman–Crippen MR) is 79.4 cm³/mol. The van der Waals surface area contributed by atoms with E-state index in [1.165, 1.54) is 6.08 Å². The van der Waals surface area contributed by atoms with Gasteiger partial charge in [0.25, 0.3) is 0 Å². The molecule has 4 nitrogen and oxygen atoms in total. The van der Waals surface area contributed by atoms with Crippen molar-refractivity contribution in [1.82, 2.24) is 5.32 Å². The number of para-hydroxylation sites is 1. The minimum absolute atomic E-state index is 0.00948. The second-order valence-corrected chi connectivity index (χ2v) is 4.38. The van der Waals surface area contributed by atoms with Crippen LogP contribution in [-0.2, 0) is 4.79 Å². The zero-order valence-electron chi connectivity index (χ0n) is 11.9. The Labute approximate surface area is 119 Å². The van der Waals surface area contributed by atoms with Gasteiger partial charge in [0.15, 0.2) is 0 Å². The van der Waals surface area contributed by atoms with Gasteiger partial charge in [0, 0.05) is 7.05 Å². The molecule has 0 unspecified atom stereocenters. The largest absolute Gasteiger partial charge is 0.478 e. The molecule has 4 heteroatoms. The van der Waals surface area contributed by atoms with Gasteiger partial charge in [-0.2, -0.15) is 0 Å². The lowest BCUT2D eigenvalue weighted by Crippen LogP contribution is -2.15. The van der Waals surface area contributed by atoms with Crippen LogP contribution in [0.2, 0.25) is 0 Å². The second kappa shape index (κ2) is 7.19. The highest BCUT2D eigenvalue weighted by atomic mass is 16.5. The van der Waals surface area contributed by atoms with E-state index < -0.39 is 5.97 Å². The van der Waals surface area contributed by atoms with E-state index in [0.717, 1.165) is 5.57 Å². The molecule has 0 aromatic heterocycles. The molecule has 0 spiro atoms. The van der Waals surface area contributed by atoms with Gasteiger partial charge in [-0.15, -0.1) is 0 Å². The molecule has 1 rings (SSSR count). The quantitative estimate of drug-likeness (QED) is 0.475. The van der Waals surface area contributed by atoms with E-state index in [9.17, 15) is 4.79 Å². The number of hydrogen-bond donors (Lipinski definition) is 2. The van der Waals surface area contributed by atoms with E-state index in [0.29, 0.717) is 17.2 Å². The lowest BCUT2D eigenvalue weighted by molar-refractivity contribution is -0.132. The molecule has 1 aromatic rings. The zero-order valence-corrected chi connectivity index (χ0v) is 11.9. The first-order chi connectivity index (χ1) is 9.45. The van der Waals surface area contributed by atoms with Crippen LogP contribution in [0.4, 0.5) is 0 Å². The molecule has 0 saturated carbocycles. The van der Waals surface area contributed by atoms with Crippen molar-refractivity contribution in [3.63, 3.8) is 0 Å². The highest BCUT2D eigenvalue weighted by Gasteiger charge is 2.11. The van der Waals surface area contributed by atoms with E-state index in [4.69, 9.17) is 9.84 Å². The van der Waals surface area contributed by atoms with Gasteiger partial charge in [0.1, 0.15) is 11.5 Å². The van der Waals surface area contributed by atoms with Crippen molar-refractivity contribution in [2.75, 3.05) is 7.05 Å². The van der Waals surface area contributed by atoms with Crippen molar-refractivity contribution in [2.24, 2.45) is 0 Å². The van der Waals surface area contributed by atoms with Crippen LogP contribution in [-0.4, -0.2) is 18.1 Å². The first-order valence-corrected chi connectivity index (χ1v) is 6.18. The van der Waals surface area contributed by atoms with Crippen molar-refractivity contribution >= 4 is 5.97 Å². The van der Waals surface area contributed by atoms with Crippen LogP contribution in [0.25, 0.3) is 0 Å². The summed E-state index contributed by atoms with van der Waals surface area (Å²) in [7, 11) is 1.71. The van der Waals surface area contributed by atoms with Crippen molar-refractivity contribution in [2.45, 2.75) is 13.8 Å². The Morgan fingerprint density at radius 2 is 1.90 bits per heavy atom. The molecule has 0 aliphatic rings. The van der Waals surface area contributed by atoms with E-state index >= 15 is 0 Å². The number of carboxylic acids is 1. The van der Waals surface area contributed by atoms with Gasteiger partial charge in [-0.25, -0.2) is 4.79 Å². The number of aliphatic carboxylic acids is 1. The fourth-order valence-corrected chi connectivity index (χ4v) is 1.52. The summed E-state index contributed by atoms with van der Waals surface area (Å²) in [6.07, 6.45) is 1.45.